The Hall–Kier alpha value is -1.90. The number of aliphatic hydroxyl groups excluding tert-OH is 1. The molecule has 0 aliphatic rings. The average molecular weight is 289 g/mol. The van der Waals surface area contributed by atoms with Crippen molar-refractivity contribution in [2.45, 2.75) is 26.4 Å². The molecule has 0 aliphatic heterocycles. The Labute approximate surface area is 126 Å². The van der Waals surface area contributed by atoms with E-state index in [-0.39, 0.29) is 5.91 Å². The molecule has 1 atom stereocenters. The van der Waals surface area contributed by atoms with Gasteiger partial charge in [-0.2, -0.15) is 5.26 Å². The van der Waals surface area contributed by atoms with Crippen LogP contribution in [0.3, 0.4) is 0 Å². The smallest absolute Gasteiger partial charge is 0.221 e. The number of benzene rings is 1. The summed E-state index contributed by atoms with van der Waals surface area (Å²) in [6.45, 7) is 5.69. The van der Waals surface area contributed by atoms with E-state index in [1.165, 1.54) is 0 Å². The first-order chi connectivity index (χ1) is 10.0. The number of amides is 1. The SMILES string of the molecule is CC(C)CNC(=O)CCNCC(O)c1ccc(C#N)cc1. The molecule has 0 fully saturated rings. The summed E-state index contributed by atoms with van der Waals surface area (Å²) in [5.41, 5.74) is 1.33. The van der Waals surface area contributed by atoms with Gasteiger partial charge in [-0.05, 0) is 23.6 Å². The van der Waals surface area contributed by atoms with E-state index < -0.39 is 6.10 Å². The lowest BCUT2D eigenvalue weighted by Gasteiger charge is -2.12. The Morgan fingerprint density at radius 3 is 2.52 bits per heavy atom. The number of rotatable bonds is 8. The number of aliphatic hydroxyl groups is 1. The van der Waals surface area contributed by atoms with E-state index in [9.17, 15) is 9.90 Å². The van der Waals surface area contributed by atoms with Crippen molar-refractivity contribution >= 4 is 5.91 Å². The van der Waals surface area contributed by atoms with E-state index in [1.807, 2.05) is 19.9 Å². The first-order valence-corrected chi connectivity index (χ1v) is 7.18. The summed E-state index contributed by atoms with van der Waals surface area (Å²) in [6, 6.07) is 8.87. The normalized spacial score (nSPS) is 12.0. The highest BCUT2D eigenvalue weighted by Gasteiger charge is 2.07. The average Bonchev–Trinajstić information content (AvgIpc) is 2.49. The van der Waals surface area contributed by atoms with Crippen LogP contribution >= 0.6 is 0 Å². The highest BCUT2D eigenvalue weighted by Crippen LogP contribution is 2.12. The van der Waals surface area contributed by atoms with Crippen LogP contribution in [0.4, 0.5) is 0 Å². The molecule has 1 rings (SSSR count). The Balaban J connectivity index is 2.22. The number of hydrogen-bond acceptors (Lipinski definition) is 4. The maximum absolute atomic E-state index is 11.5. The van der Waals surface area contributed by atoms with E-state index >= 15 is 0 Å². The van der Waals surface area contributed by atoms with Crippen LogP contribution < -0.4 is 10.6 Å². The molecule has 1 aromatic rings. The molecule has 3 N–H and O–H groups in total. The molecule has 0 bridgehead atoms. The van der Waals surface area contributed by atoms with Crippen LogP contribution in [0, 0.1) is 17.2 Å². The van der Waals surface area contributed by atoms with Crippen LogP contribution in [-0.2, 0) is 4.79 Å². The Kier molecular flexibility index (Phi) is 7.44. The third kappa shape index (κ3) is 6.89. The van der Waals surface area contributed by atoms with Crippen LogP contribution in [0.2, 0.25) is 0 Å². The van der Waals surface area contributed by atoms with E-state index in [4.69, 9.17) is 5.26 Å². The monoisotopic (exact) mass is 289 g/mol. The highest BCUT2D eigenvalue weighted by molar-refractivity contribution is 5.76. The summed E-state index contributed by atoms with van der Waals surface area (Å²) in [5, 5.41) is 24.6. The number of nitriles is 1. The Bertz CT molecular complexity index is 477. The molecule has 0 heterocycles. The zero-order valence-electron chi connectivity index (χ0n) is 12.6. The number of carbonyl (C=O) groups excluding carboxylic acids is 1. The molecule has 5 heteroatoms. The van der Waals surface area contributed by atoms with Crippen molar-refractivity contribution in [3.63, 3.8) is 0 Å². The largest absolute Gasteiger partial charge is 0.387 e. The van der Waals surface area contributed by atoms with Crippen LogP contribution in [0.5, 0.6) is 0 Å². The van der Waals surface area contributed by atoms with Gasteiger partial charge in [-0.3, -0.25) is 4.79 Å². The molecule has 5 nitrogen and oxygen atoms in total. The van der Waals surface area contributed by atoms with Crippen molar-refractivity contribution in [1.29, 1.82) is 5.26 Å². The Morgan fingerprint density at radius 2 is 1.95 bits per heavy atom. The minimum atomic E-state index is -0.642. The van der Waals surface area contributed by atoms with Gasteiger partial charge in [0.25, 0.3) is 0 Å². The predicted molar refractivity (Wildman–Crippen MR) is 81.5 cm³/mol. The minimum Gasteiger partial charge on any atom is -0.387 e. The maximum Gasteiger partial charge on any atom is 0.221 e. The van der Waals surface area contributed by atoms with Crippen molar-refractivity contribution in [3.05, 3.63) is 35.4 Å². The van der Waals surface area contributed by atoms with E-state index in [0.717, 1.165) is 5.56 Å². The summed E-state index contributed by atoms with van der Waals surface area (Å²) >= 11 is 0. The fourth-order valence-corrected chi connectivity index (χ4v) is 1.74. The second kappa shape index (κ2) is 9.11. The van der Waals surface area contributed by atoms with Crippen molar-refractivity contribution in [3.8, 4) is 6.07 Å². The standard InChI is InChI=1S/C16H23N3O2/c1-12(2)10-19-16(21)7-8-18-11-15(20)14-5-3-13(9-17)4-6-14/h3-6,12,15,18,20H,7-8,10-11H2,1-2H3,(H,19,21). The molecule has 1 aromatic carbocycles. The fourth-order valence-electron chi connectivity index (χ4n) is 1.74. The van der Waals surface area contributed by atoms with E-state index in [0.29, 0.717) is 37.5 Å². The molecule has 114 valence electrons. The van der Waals surface area contributed by atoms with Crippen molar-refractivity contribution in [2.24, 2.45) is 5.92 Å². The maximum atomic E-state index is 11.5. The predicted octanol–water partition coefficient (Wildman–Crippen LogP) is 1.34. The van der Waals surface area contributed by atoms with Gasteiger partial charge in [0, 0.05) is 26.1 Å². The number of carbonyl (C=O) groups is 1. The first-order valence-electron chi connectivity index (χ1n) is 7.18. The minimum absolute atomic E-state index is 0.0177. The van der Waals surface area contributed by atoms with E-state index in [1.54, 1.807) is 24.3 Å². The van der Waals surface area contributed by atoms with E-state index in [2.05, 4.69) is 10.6 Å². The lowest BCUT2D eigenvalue weighted by Crippen LogP contribution is -2.31. The lowest BCUT2D eigenvalue weighted by molar-refractivity contribution is -0.121. The Morgan fingerprint density at radius 1 is 1.29 bits per heavy atom. The number of hydrogen-bond donors (Lipinski definition) is 3. The molecule has 21 heavy (non-hydrogen) atoms. The summed E-state index contributed by atoms with van der Waals surface area (Å²) in [7, 11) is 0. The number of nitrogens with one attached hydrogen (secondary N) is 2. The summed E-state index contributed by atoms with van der Waals surface area (Å²) in [6.07, 6.45) is -0.247. The summed E-state index contributed by atoms with van der Waals surface area (Å²) in [4.78, 5) is 11.5. The lowest BCUT2D eigenvalue weighted by atomic mass is 10.1. The highest BCUT2D eigenvalue weighted by atomic mass is 16.3. The van der Waals surface area contributed by atoms with Gasteiger partial charge in [0.15, 0.2) is 0 Å². The van der Waals surface area contributed by atoms with Crippen LogP contribution in [0.15, 0.2) is 24.3 Å². The zero-order chi connectivity index (χ0) is 15.7. The van der Waals surface area contributed by atoms with Gasteiger partial charge in [-0.15, -0.1) is 0 Å². The van der Waals surface area contributed by atoms with Crippen LogP contribution in [-0.4, -0.2) is 30.6 Å². The zero-order valence-corrected chi connectivity index (χ0v) is 12.6. The molecule has 0 aromatic heterocycles. The number of nitrogens with zero attached hydrogens (tertiary/aromatic N) is 1. The third-order valence-electron chi connectivity index (χ3n) is 3.00. The van der Waals surface area contributed by atoms with Crippen molar-refractivity contribution < 1.29 is 9.90 Å². The molecule has 0 saturated heterocycles. The van der Waals surface area contributed by atoms with Gasteiger partial charge in [0.05, 0.1) is 17.7 Å². The molecule has 0 radical (unpaired) electrons. The summed E-state index contributed by atoms with van der Waals surface area (Å²) in [5.74, 6) is 0.462. The summed E-state index contributed by atoms with van der Waals surface area (Å²) < 4.78 is 0. The molecular formula is C16H23N3O2. The molecule has 1 amide bonds. The first kappa shape index (κ1) is 17.2. The molecule has 0 spiro atoms. The van der Waals surface area contributed by atoms with Gasteiger partial charge in [-0.25, -0.2) is 0 Å². The van der Waals surface area contributed by atoms with Gasteiger partial charge >= 0.3 is 0 Å². The topological polar surface area (TPSA) is 85.2 Å². The van der Waals surface area contributed by atoms with Gasteiger partial charge in [-0.1, -0.05) is 26.0 Å². The fraction of sp³-hybridized carbons (Fsp3) is 0.500. The molecule has 0 aliphatic carbocycles. The second-order valence-electron chi connectivity index (χ2n) is 5.40. The van der Waals surface area contributed by atoms with Crippen LogP contribution in [0.1, 0.15) is 37.5 Å². The van der Waals surface area contributed by atoms with Gasteiger partial charge in [0.1, 0.15) is 0 Å². The van der Waals surface area contributed by atoms with Crippen LogP contribution in [0.25, 0.3) is 0 Å². The third-order valence-corrected chi connectivity index (χ3v) is 3.00. The van der Waals surface area contributed by atoms with Crippen molar-refractivity contribution in [2.75, 3.05) is 19.6 Å². The van der Waals surface area contributed by atoms with Crippen molar-refractivity contribution in [1.82, 2.24) is 10.6 Å². The second-order valence-corrected chi connectivity index (χ2v) is 5.40. The molecule has 1 unspecified atom stereocenters. The van der Waals surface area contributed by atoms with Gasteiger partial charge < -0.3 is 15.7 Å². The quantitative estimate of drug-likeness (QED) is 0.631. The molecule has 0 saturated carbocycles. The molecular weight excluding hydrogens is 266 g/mol. The van der Waals surface area contributed by atoms with Gasteiger partial charge in [0.2, 0.25) is 5.91 Å².